The molecule has 0 saturated carbocycles. The number of carbonyl (C=O) groups is 1. The Bertz CT molecular complexity index is 590. The molecule has 0 aliphatic rings. The van der Waals surface area contributed by atoms with Crippen molar-refractivity contribution in [2.24, 2.45) is 0 Å². The first-order valence-electron chi connectivity index (χ1n) is 5.71. The zero-order valence-electron chi connectivity index (χ0n) is 11.0. The van der Waals surface area contributed by atoms with Crippen molar-refractivity contribution in [3.8, 4) is 11.8 Å². The number of ether oxygens (including phenoxy) is 1. The molecule has 0 saturated heterocycles. The van der Waals surface area contributed by atoms with Gasteiger partial charge in [0.15, 0.2) is 0 Å². The molecule has 0 spiro atoms. The van der Waals surface area contributed by atoms with Crippen LogP contribution in [0.2, 0.25) is 0 Å². The average Bonchev–Trinajstić information content (AvgIpc) is 2.43. The van der Waals surface area contributed by atoms with Gasteiger partial charge in [-0.1, -0.05) is 0 Å². The minimum atomic E-state index is -0.998. The van der Waals surface area contributed by atoms with Gasteiger partial charge in [-0.25, -0.2) is 9.18 Å². The first-order valence-corrected chi connectivity index (χ1v) is 5.71. The molecule has 106 valence electrons. The van der Waals surface area contributed by atoms with Crippen LogP contribution < -0.4 is 5.32 Å². The highest BCUT2D eigenvalue weighted by Gasteiger charge is 2.22. The molecule has 0 amide bonds. The molecule has 1 aromatic carbocycles. The van der Waals surface area contributed by atoms with Crippen molar-refractivity contribution in [1.82, 2.24) is 0 Å². The Morgan fingerprint density at radius 3 is 2.80 bits per heavy atom. The van der Waals surface area contributed by atoms with Crippen LogP contribution in [0.15, 0.2) is 12.1 Å². The number of carbonyl (C=O) groups excluding carboxylic acids is 1. The van der Waals surface area contributed by atoms with Gasteiger partial charge >= 0.3 is 5.97 Å². The third-order valence-corrected chi connectivity index (χ3v) is 2.43. The summed E-state index contributed by atoms with van der Waals surface area (Å²) in [5.74, 6) is 3.57. The van der Waals surface area contributed by atoms with E-state index in [-0.39, 0.29) is 11.3 Å². The highest BCUT2D eigenvalue weighted by atomic mass is 19.1. The molecule has 1 rings (SSSR count). The summed E-state index contributed by atoms with van der Waals surface area (Å²) in [5, 5.41) is 13.6. The normalized spacial score (nSPS) is 9.35. The summed E-state index contributed by atoms with van der Waals surface area (Å²) in [6, 6.07) is 1.76. The molecule has 0 aliphatic carbocycles. The fourth-order valence-electron chi connectivity index (χ4n) is 1.51. The number of nitrogens with zero attached hydrogens (tertiary/aromatic N) is 1. The lowest BCUT2D eigenvalue weighted by Gasteiger charge is -2.08. The van der Waals surface area contributed by atoms with Gasteiger partial charge in [0.05, 0.1) is 23.7 Å². The van der Waals surface area contributed by atoms with Crippen molar-refractivity contribution in [3.63, 3.8) is 0 Å². The number of esters is 1. The van der Waals surface area contributed by atoms with Gasteiger partial charge in [0.1, 0.15) is 11.5 Å². The maximum atomic E-state index is 13.6. The van der Waals surface area contributed by atoms with Gasteiger partial charge in [0.25, 0.3) is 5.69 Å². The van der Waals surface area contributed by atoms with Gasteiger partial charge in [0.2, 0.25) is 0 Å². The first-order chi connectivity index (χ1) is 9.51. The monoisotopic (exact) mass is 280 g/mol. The molecule has 20 heavy (non-hydrogen) atoms. The number of rotatable bonds is 5. The fraction of sp³-hybridized carbons (Fsp3) is 0.308. The van der Waals surface area contributed by atoms with E-state index < -0.39 is 22.4 Å². The van der Waals surface area contributed by atoms with E-state index in [1.54, 1.807) is 6.92 Å². The molecule has 6 nitrogen and oxygen atoms in total. The quantitative estimate of drug-likeness (QED) is 0.294. The molecule has 0 fully saturated rings. The van der Waals surface area contributed by atoms with E-state index in [0.29, 0.717) is 19.0 Å². The third-order valence-electron chi connectivity index (χ3n) is 2.43. The molecular formula is C13H13FN2O4. The average molecular weight is 280 g/mol. The van der Waals surface area contributed by atoms with E-state index in [0.717, 1.165) is 13.2 Å². The molecule has 0 aliphatic heterocycles. The van der Waals surface area contributed by atoms with E-state index in [9.17, 15) is 19.3 Å². The summed E-state index contributed by atoms with van der Waals surface area (Å²) in [7, 11) is 1.10. The minimum Gasteiger partial charge on any atom is -0.465 e. The van der Waals surface area contributed by atoms with Crippen molar-refractivity contribution in [1.29, 1.82) is 0 Å². The molecule has 0 bridgehead atoms. The summed E-state index contributed by atoms with van der Waals surface area (Å²) in [6.45, 7) is 2.02. The Hall–Kier alpha value is -2.62. The molecule has 7 heteroatoms. The van der Waals surface area contributed by atoms with Crippen LogP contribution in [-0.4, -0.2) is 24.5 Å². The minimum absolute atomic E-state index is 0.0507. The SMILES string of the molecule is CC#CCCNc1cc(C(=O)OC)c(F)cc1[N+](=O)[O-]. The Morgan fingerprint density at radius 1 is 1.55 bits per heavy atom. The van der Waals surface area contributed by atoms with Crippen molar-refractivity contribution < 1.29 is 18.8 Å². The van der Waals surface area contributed by atoms with E-state index in [4.69, 9.17) is 0 Å². The molecule has 0 aromatic heterocycles. The maximum Gasteiger partial charge on any atom is 0.340 e. The van der Waals surface area contributed by atoms with Crippen LogP contribution in [0.1, 0.15) is 23.7 Å². The number of halogens is 1. The van der Waals surface area contributed by atoms with Gasteiger partial charge in [-0.15, -0.1) is 11.8 Å². The fourth-order valence-corrected chi connectivity index (χ4v) is 1.51. The molecule has 0 radical (unpaired) electrons. The predicted octanol–water partition coefficient (Wildman–Crippen LogP) is 2.35. The first kappa shape index (κ1) is 15.4. The van der Waals surface area contributed by atoms with E-state index >= 15 is 0 Å². The number of nitrogens with one attached hydrogen (secondary N) is 1. The van der Waals surface area contributed by atoms with Crippen molar-refractivity contribution >= 4 is 17.3 Å². The molecule has 1 aromatic rings. The standard InChI is InChI=1S/C13H13FN2O4/c1-3-4-5-6-15-11-7-9(13(17)20-2)10(14)8-12(11)16(18)19/h7-8,15H,5-6H2,1-2H3. The van der Waals surface area contributed by atoms with Crippen molar-refractivity contribution in [2.45, 2.75) is 13.3 Å². The summed E-state index contributed by atoms with van der Waals surface area (Å²) in [5.41, 5.74) is -0.753. The van der Waals surface area contributed by atoms with E-state index in [2.05, 4.69) is 21.9 Å². The second-order valence-corrected chi connectivity index (χ2v) is 3.70. The Morgan fingerprint density at radius 2 is 2.25 bits per heavy atom. The number of nitro benzene ring substituents is 1. The van der Waals surface area contributed by atoms with Crippen LogP contribution in [0.25, 0.3) is 0 Å². The van der Waals surface area contributed by atoms with E-state index in [1.807, 2.05) is 0 Å². The second-order valence-electron chi connectivity index (χ2n) is 3.70. The Balaban J connectivity index is 3.12. The van der Waals surface area contributed by atoms with Crippen LogP contribution in [0.5, 0.6) is 0 Å². The Labute approximate surface area is 115 Å². The maximum absolute atomic E-state index is 13.6. The molecule has 1 N–H and O–H groups in total. The third kappa shape index (κ3) is 3.68. The highest BCUT2D eigenvalue weighted by molar-refractivity contribution is 5.91. The van der Waals surface area contributed by atoms with Crippen LogP contribution in [0.3, 0.4) is 0 Å². The van der Waals surface area contributed by atoms with Crippen LogP contribution in [-0.2, 0) is 4.74 Å². The zero-order chi connectivity index (χ0) is 15.1. The van der Waals surface area contributed by atoms with Crippen molar-refractivity contribution in [3.05, 3.63) is 33.6 Å². The van der Waals surface area contributed by atoms with Gasteiger partial charge in [-0.2, -0.15) is 0 Å². The smallest absolute Gasteiger partial charge is 0.340 e. The summed E-state index contributed by atoms with van der Waals surface area (Å²) in [4.78, 5) is 21.5. The lowest BCUT2D eigenvalue weighted by Crippen LogP contribution is -2.09. The van der Waals surface area contributed by atoms with E-state index in [1.165, 1.54) is 0 Å². The zero-order valence-corrected chi connectivity index (χ0v) is 11.0. The number of hydrogen-bond acceptors (Lipinski definition) is 5. The summed E-state index contributed by atoms with van der Waals surface area (Å²) in [6.07, 6.45) is 0.471. The van der Waals surface area contributed by atoms with Crippen LogP contribution >= 0.6 is 0 Å². The van der Waals surface area contributed by atoms with Crippen molar-refractivity contribution in [2.75, 3.05) is 19.0 Å². The van der Waals surface area contributed by atoms with Gasteiger partial charge in [-0.05, 0) is 13.0 Å². The topological polar surface area (TPSA) is 81.5 Å². The number of methoxy groups -OCH3 is 1. The lowest BCUT2D eigenvalue weighted by molar-refractivity contribution is -0.384. The van der Waals surface area contributed by atoms with Gasteiger partial charge < -0.3 is 10.1 Å². The molecular weight excluding hydrogens is 267 g/mol. The van der Waals surface area contributed by atoms with Crippen LogP contribution in [0, 0.1) is 27.8 Å². The van der Waals surface area contributed by atoms with Gasteiger partial charge in [0, 0.05) is 13.0 Å². The number of hydrogen-bond donors (Lipinski definition) is 1. The second kappa shape index (κ2) is 7.09. The number of benzene rings is 1. The van der Waals surface area contributed by atoms with Gasteiger partial charge in [-0.3, -0.25) is 10.1 Å². The summed E-state index contributed by atoms with van der Waals surface area (Å²) < 4.78 is 18.0. The largest absolute Gasteiger partial charge is 0.465 e. The predicted molar refractivity (Wildman–Crippen MR) is 71.0 cm³/mol. The number of anilines is 1. The Kier molecular flexibility index (Phi) is 5.47. The highest BCUT2D eigenvalue weighted by Crippen LogP contribution is 2.28. The molecule has 0 heterocycles. The molecule has 0 unspecified atom stereocenters. The molecule has 0 atom stereocenters. The van der Waals surface area contributed by atoms with Crippen LogP contribution in [0.4, 0.5) is 15.8 Å². The number of nitro groups is 1. The summed E-state index contributed by atoms with van der Waals surface area (Å²) >= 11 is 0. The lowest BCUT2D eigenvalue weighted by atomic mass is 10.1.